The summed E-state index contributed by atoms with van der Waals surface area (Å²) in [7, 11) is 0. The van der Waals surface area contributed by atoms with Gasteiger partial charge in [-0.05, 0) is 26.2 Å². The van der Waals surface area contributed by atoms with Gasteiger partial charge in [0.1, 0.15) is 5.75 Å². The first-order chi connectivity index (χ1) is 10.1. The normalized spacial score (nSPS) is 19.2. The van der Waals surface area contributed by atoms with Gasteiger partial charge in [0.15, 0.2) is 0 Å². The lowest BCUT2D eigenvalue weighted by molar-refractivity contribution is -0.384. The Kier molecular flexibility index (Phi) is 5.38. The van der Waals surface area contributed by atoms with Crippen molar-refractivity contribution in [3.8, 4) is 5.75 Å². The molecule has 1 N–H and O–H groups in total. The fourth-order valence-corrected chi connectivity index (χ4v) is 2.43. The highest BCUT2D eigenvalue weighted by atomic mass is 16.6. The maximum atomic E-state index is 11.0. The maximum absolute atomic E-state index is 11.0. The molecule has 0 saturated carbocycles. The number of rotatable bonds is 7. The highest BCUT2D eigenvalue weighted by Gasteiger charge is 2.23. The van der Waals surface area contributed by atoms with Crippen LogP contribution in [0, 0.1) is 10.1 Å². The van der Waals surface area contributed by atoms with Crippen molar-refractivity contribution in [2.24, 2.45) is 0 Å². The molecule has 6 heteroatoms. The van der Waals surface area contributed by atoms with Crippen LogP contribution in [-0.4, -0.2) is 30.3 Å². The van der Waals surface area contributed by atoms with Crippen LogP contribution in [-0.2, 0) is 4.74 Å². The van der Waals surface area contributed by atoms with Gasteiger partial charge in [0.2, 0.25) is 0 Å². The molecule has 0 radical (unpaired) electrons. The molecule has 6 nitrogen and oxygen atoms in total. The number of hydrogen-bond acceptors (Lipinski definition) is 5. The lowest BCUT2D eigenvalue weighted by Gasteiger charge is -2.21. The van der Waals surface area contributed by atoms with E-state index in [1.807, 2.05) is 13.8 Å². The lowest BCUT2D eigenvalue weighted by Crippen LogP contribution is -2.30. The molecule has 1 saturated heterocycles. The van der Waals surface area contributed by atoms with Crippen molar-refractivity contribution in [1.82, 2.24) is 0 Å². The van der Waals surface area contributed by atoms with Gasteiger partial charge in [-0.1, -0.05) is 6.92 Å². The molecule has 2 rings (SSSR count). The number of non-ortho nitro benzene ring substituents is 1. The molecule has 21 heavy (non-hydrogen) atoms. The second-order valence-electron chi connectivity index (χ2n) is 5.31. The van der Waals surface area contributed by atoms with E-state index >= 15 is 0 Å². The van der Waals surface area contributed by atoms with E-state index in [1.54, 1.807) is 6.07 Å². The van der Waals surface area contributed by atoms with Gasteiger partial charge in [-0.25, -0.2) is 0 Å². The van der Waals surface area contributed by atoms with Gasteiger partial charge in [-0.3, -0.25) is 10.1 Å². The number of nitrogens with zero attached hydrogens (tertiary/aromatic N) is 1. The predicted octanol–water partition coefficient (Wildman–Crippen LogP) is 3.36. The third-order valence-electron chi connectivity index (χ3n) is 3.49. The van der Waals surface area contributed by atoms with Gasteiger partial charge in [-0.2, -0.15) is 0 Å². The lowest BCUT2D eigenvalue weighted by atomic mass is 10.1. The van der Waals surface area contributed by atoms with Crippen LogP contribution in [0.4, 0.5) is 11.4 Å². The zero-order valence-electron chi connectivity index (χ0n) is 12.5. The Morgan fingerprint density at radius 2 is 2.33 bits per heavy atom. The third kappa shape index (κ3) is 4.32. The van der Waals surface area contributed by atoms with Crippen LogP contribution in [0.1, 0.15) is 33.1 Å². The number of nitrogens with one attached hydrogen (secondary N) is 1. The number of nitro groups is 1. The predicted molar refractivity (Wildman–Crippen MR) is 80.9 cm³/mol. The van der Waals surface area contributed by atoms with Crippen LogP contribution in [0.15, 0.2) is 18.2 Å². The van der Waals surface area contributed by atoms with Crippen LogP contribution in [0.5, 0.6) is 5.75 Å². The molecule has 1 heterocycles. The first-order valence-electron chi connectivity index (χ1n) is 7.40. The van der Waals surface area contributed by atoms with Crippen molar-refractivity contribution < 1.29 is 14.4 Å². The average molecular weight is 294 g/mol. The van der Waals surface area contributed by atoms with E-state index in [-0.39, 0.29) is 17.8 Å². The smallest absolute Gasteiger partial charge is 0.275 e. The monoisotopic (exact) mass is 294 g/mol. The minimum Gasteiger partial charge on any atom is -0.493 e. The fraction of sp³-hybridized carbons (Fsp3) is 0.600. The Morgan fingerprint density at radius 1 is 1.52 bits per heavy atom. The molecule has 0 bridgehead atoms. The number of nitro benzene ring substituents is 1. The highest BCUT2D eigenvalue weighted by molar-refractivity contribution is 5.56. The van der Waals surface area contributed by atoms with E-state index < -0.39 is 4.92 Å². The van der Waals surface area contributed by atoms with Crippen molar-refractivity contribution in [2.45, 2.75) is 45.3 Å². The van der Waals surface area contributed by atoms with Crippen LogP contribution < -0.4 is 10.1 Å². The van der Waals surface area contributed by atoms with Gasteiger partial charge in [-0.15, -0.1) is 0 Å². The first-order valence-corrected chi connectivity index (χ1v) is 7.40. The molecule has 2 unspecified atom stereocenters. The van der Waals surface area contributed by atoms with E-state index in [9.17, 15) is 10.1 Å². The molecule has 1 aliphatic rings. The quantitative estimate of drug-likeness (QED) is 0.616. The standard InChI is InChI=1S/C15H22N2O4/c1-3-6-20-14-9-12(8-13(10-14)17(18)19)16-11(2)15-5-4-7-21-15/h8-11,15-16H,3-7H2,1-2H3. The van der Waals surface area contributed by atoms with Crippen molar-refractivity contribution in [3.05, 3.63) is 28.3 Å². The van der Waals surface area contributed by atoms with Gasteiger partial charge in [0, 0.05) is 30.5 Å². The van der Waals surface area contributed by atoms with Gasteiger partial charge in [0.05, 0.1) is 23.7 Å². The Morgan fingerprint density at radius 3 is 2.95 bits per heavy atom. The molecule has 0 aliphatic carbocycles. The molecule has 1 aliphatic heterocycles. The summed E-state index contributed by atoms with van der Waals surface area (Å²) < 4.78 is 11.2. The molecule has 2 atom stereocenters. The summed E-state index contributed by atoms with van der Waals surface area (Å²) in [5.74, 6) is 0.521. The Bertz CT molecular complexity index is 487. The van der Waals surface area contributed by atoms with E-state index in [4.69, 9.17) is 9.47 Å². The number of anilines is 1. The van der Waals surface area contributed by atoms with Crippen molar-refractivity contribution >= 4 is 11.4 Å². The Hall–Kier alpha value is -1.82. The molecule has 1 aromatic rings. The summed E-state index contributed by atoms with van der Waals surface area (Å²) in [5, 5.41) is 14.3. The largest absolute Gasteiger partial charge is 0.493 e. The van der Waals surface area contributed by atoms with Gasteiger partial charge in [0.25, 0.3) is 5.69 Å². The zero-order valence-corrected chi connectivity index (χ0v) is 12.5. The molecule has 0 amide bonds. The van der Waals surface area contributed by atoms with Crippen molar-refractivity contribution in [3.63, 3.8) is 0 Å². The Labute approximate surface area is 124 Å². The van der Waals surface area contributed by atoms with E-state index in [1.165, 1.54) is 12.1 Å². The topological polar surface area (TPSA) is 73.6 Å². The van der Waals surface area contributed by atoms with Gasteiger partial charge >= 0.3 is 0 Å². The van der Waals surface area contributed by atoms with Crippen LogP contribution in [0.3, 0.4) is 0 Å². The molecule has 0 spiro atoms. The number of ether oxygens (including phenoxy) is 2. The molecule has 116 valence electrons. The highest BCUT2D eigenvalue weighted by Crippen LogP contribution is 2.28. The van der Waals surface area contributed by atoms with Crippen molar-refractivity contribution in [2.75, 3.05) is 18.5 Å². The summed E-state index contributed by atoms with van der Waals surface area (Å²) in [6, 6.07) is 4.89. The minimum absolute atomic E-state index is 0.0330. The van der Waals surface area contributed by atoms with E-state index in [0.717, 1.165) is 25.9 Å². The third-order valence-corrected chi connectivity index (χ3v) is 3.49. The second kappa shape index (κ2) is 7.26. The SMILES string of the molecule is CCCOc1cc(NC(C)C2CCCO2)cc([N+](=O)[O-])c1. The van der Waals surface area contributed by atoms with Crippen LogP contribution in [0.2, 0.25) is 0 Å². The van der Waals surface area contributed by atoms with Gasteiger partial charge < -0.3 is 14.8 Å². The fourth-order valence-electron chi connectivity index (χ4n) is 2.43. The Balaban J connectivity index is 2.12. The summed E-state index contributed by atoms with van der Waals surface area (Å²) in [6.07, 6.45) is 3.10. The molecule has 1 fully saturated rings. The zero-order chi connectivity index (χ0) is 15.2. The summed E-state index contributed by atoms with van der Waals surface area (Å²) in [5.41, 5.74) is 0.726. The molecular formula is C15H22N2O4. The van der Waals surface area contributed by atoms with E-state index in [2.05, 4.69) is 5.32 Å². The minimum atomic E-state index is -0.402. The number of benzene rings is 1. The molecule has 0 aromatic heterocycles. The number of hydrogen-bond donors (Lipinski definition) is 1. The van der Waals surface area contributed by atoms with E-state index in [0.29, 0.717) is 18.0 Å². The molecular weight excluding hydrogens is 272 g/mol. The van der Waals surface area contributed by atoms with Crippen molar-refractivity contribution in [1.29, 1.82) is 0 Å². The summed E-state index contributed by atoms with van der Waals surface area (Å²) >= 11 is 0. The van der Waals surface area contributed by atoms with Crippen LogP contribution >= 0.6 is 0 Å². The summed E-state index contributed by atoms with van der Waals surface area (Å²) in [4.78, 5) is 10.6. The first kappa shape index (κ1) is 15.6. The summed E-state index contributed by atoms with van der Waals surface area (Å²) in [6.45, 7) is 5.36. The van der Waals surface area contributed by atoms with Crippen LogP contribution in [0.25, 0.3) is 0 Å². The second-order valence-corrected chi connectivity index (χ2v) is 5.31. The average Bonchev–Trinajstić information content (AvgIpc) is 2.99. The molecule has 1 aromatic carbocycles. The maximum Gasteiger partial charge on any atom is 0.275 e.